The minimum Gasteiger partial charge on any atom is -0.393 e. The molecule has 2 rings (SSSR count). The fourth-order valence-electron chi connectivity index (χ4n) is 2.70. The third-order valence-electron chi connectivity index (χ3n) is 3.63. The molecule has 88 valence electrons. The van der Waals surface area contributed by atoms with Gasteiger partial charge in [0.1, 0.15) is 0 Å². The molecule has 0 spiro atoms. The number of hydrogen-bond acceptors (Lipinski definition) is 3. The van der Waals surface area contributed by atoms with Gasteiger partial charge in [-0.25, -0.2) is 0 Å². The molecular formula is C12H22O2S. The first-order valence-corrected chi connectivity index (χ1v) is 7.20. The Morgan fingerprint density at radius 2 is 1.47 bits per heavy atom. The summed E-state index contributed by atoms with van der Waals surface area (Å²) < 4.78 is 0. The van der Waals surface area contributed by atoms with E-state index in [-0.39, 0.29) is 12.2 Å². The Kier molecular flexibility index (Phi) is 4.35. The molecule has 0 aromatic heterocycles. The maximum absolute atomic E-state index is 9.60. The van der Waals surface area contributed by atoms with Crippen LogP contribution in [0.25, 0.3) is 0 Å². The van der Waals surface area contributed by atoms with Gasteiger partial charge in [0.15, 0.2) is 0 Å². The fourth-order valence-corrected chi connectivity index (χ4v) is 4.42. The zero-order chi connectivity index (χ0) is 10.7. The molecule has 2 N–H and O–H groups in total. The number of rotatable bonds is 2. The van der Waals surface area contributed by atoms with Crippen molar-refractivity contribution < 1.29 is 10.2 Å². The molecule has 2 aliphatic carbocycles. The van der Waals surface area contributed by atoms with E-state index in [4.69, 9.17) is 0 Å². The van der Waals surface area contributed by atoms with Gasteiger partial charge in [-0.1, -0.05) is 0 Å². The summed E-state index contributed by atoms with van der Waals surface area (Å²) in [5.41, 5.74) is 0. The summed E-state index contributed by atoms with van der Waals surface area (Å²) in [4.78, 5) is 0. The lowest BCUT2D eigenvalue weighted by molar-refractivity contribution is 0.129. The van der Waals surface area contributed by atoms with Gasteiger partial charge >= 0.3 is 0 Å². The van der Waals surface area contributed by atoms with E-state index in [2.05, 4.69) is 11.8 Å². The molecule has 2 saturated carbocycles. The Hall–Kier alpha value is 0.270. The van der Waals surface area contributed by atoms with Crippen molar-refractivity contribution in [2.45, 2.75) is 74.1 Å². The van der Waals surface area contributed by atoms with Crippen LogP contribution in [0.15, 0.2) is 0 Å². The van der Waals surface area contributed by atoms with Crippen LogP contribution in [0.4, 0.5) is 0 Å². The summed E-state index contributed by atoms with van der Waals surface area (Å²) in [7, 11) is 0. The maximum Gasteiger partial charge on any atom is 0.0550 e. The first-order valence-electron chi connectivity index (χ1n) is 6.25. The molecule has 15 heavy (non-hydrogen) atoms. The molecule has 0 radical (unpaired) electrons. The third-order valence-corrected chi connectivity index (χ3v) is 5.30. The summed E-state index contributed by atoms with van der Waals surface area (Å²) >= 11 is 2.08. The van der Waals surface area contributed by atoms with Gasteiger partial charge in [0.25, 0.3) is 0 Å². The largest absolute Gasteiger partial charge is 0.393 e. The highest BCUT2D eigenvalue weighted by Gasteiger charge is 2.26. The molecule has 2 nitrogen and oxygen atoms in total. The van der Waals surface area contributed by atoms with E-state index in [0.29, 0.717) is 5.25 Å². The molecule has 0 aromatic rings. The van der Waals surface area contributed by atoms with Gasteiger partial charge in [0.05, 0.1) is 12.2 Å². The molecule has 2 fully saturated rings. The van der Waals surface area contributed by atoms with Crippen molar-refractivity contribution >= 4 is 11.8 Å². The monoisotopic (exact) mass is 230 g/mol. The summed E-state index contributed by atoms with van der Waals surface area (Å²) in [5, 5.41) is 20.4. The van der Waals surface area contributed by atoms with Gasteiger partial charge in [0, 0.05) is 10.5 Å². The lowest BCUT2D eigenvalue weighted by Crippen LogP contribution is -2.26. The van der Waals surface area contributed by atoms with E-state index in [1.807, 2.05) is 0 Å². The van der Waals surface area contributed by atoms with Gasteiger partial charge < -0.3 is 10.2 Å². The second-order valence-electron chi connectivity index (χ2n) is 5.01. The van der Waals surface area contributed by atoms with Crippen molar-refractivity contribution in [2.24, 2.45) is 0 Å². The second kappa shape index (κ2) is 5.55. The minimum absolute atomic E-state index is 0.0428. The van der Waals surface area contributed by atoms with Crippen LogP contribution >= 0.6 is 11.8 Å². The Bertz CT molecular complexity index is 190. The quantitative estimate of drug-likeness (QED) is 0.765. The SMILES string of the molecule is OC1CCC(SC2CCCC(O)C2)CC1. The highest BCUT2D eigenvalue weighted by atomic mass is 32.2. The van der Waals surface area contributed by atoms with E-state index in [1.54, 1.807) is 0 Å². The first-order chi connectivity index (χ1) is 7.24. The molecule has 0 aliphatic heterocycles. The van der Waals surface area contributed by atoms with Gasteiger partial charge in [-0.05, 0) is 51.4 Å². The Morgan fingerprint density at radius 3 is 2.13 bits per heavy atom. The Morgan fingerprint density at radius 1 is 0.733 bits per heavy atom. The minimum atomic E-state index is -0.0505. The first kappa shape index (κ1) is 11.7. The zero-order valence-electron chi connectivity index (χ0n) is 9.27. The van der Waals surface area contributed by atoms with E-state index in [1.165, 1.54) is 25.7 Å². The molecule has 0 saturated heterocycles. The molecular weight excluding hydrogens is 208 g/mol. The molecule has 3 heteroatoms. The van der Waals surface area contributed by atoms with Crippen LogP contribution in [0, 0.1) is 0 Å². The van der Waals surface area contributed by atoms with Gasteiger partial charge in [-0.15, -0.1) is 0 Å². The van der Waals surface area contributed by atoms with Crippen molar-refractivity contribution in [3.05, 3.63) is 0 Å². The third kappa shape index (κ3) is 3.65. The lowest BCUT2D eigenvalue weighted by atomic mass is 9.97. The predicted octanol–water partition coefficient (Wildman–Crippen LogP) is 2.33. The molecule has 0 bridgehead atoms. The van der Waals surface area contributed by atoms with Crippen molar-refractivity contribution in [3.8, 4) is 0 Å². The van der Waals surface area contributed by atoms with Gasteiger partial charge in [-0.3, -0.25) is 0 Å². The molecule has 0 heterocycles. The standard InChI is InChI=1S/C12H22O2S/c13-9-4-6-11(7-5-9)15-12-3-1-2-10(14)8-12/h9-14H,1-8H2. The predicted molar refractivity (Wildman–Crippen MR) is 64.1 cm³/mol. The number of thioether (sulfide) groups is 1. The molecule has 0 aromatic carbocycles. The highest BCUT2D eigenvalue weighted by Crippen LogP contribution is 2.37. The van der Waals surface area contributed by atoms with Crippen LogP contribution < -0.4 is 0 Å². The number of hydrogen-bond donors (Lipinski definition) is 2. The summed E-state index contributed by atoms with van der Waals surface area (Å²) in [6.07, 6.45) is 8.65. The smallest absolute Gasteiger partial charge is 0.0550 e. The van der Waals surface area contributed by atoms with Gasteiger partial charge in [-0.2, -0.15) is 11.8 Å². The topological polar surface area (TPSA) is 40.5 Å². The second-order valence-corrected chi connectivity index (χ2v) is 6.61. The van der Waals surface area contributed by atoms with Gasteiger partial charge in [0.2, 0.25) is 0 Å². The van der Waals surface area contributed by atoms with Crippen molar-refractivity contribution in [1.82, 2.24) is 0 Å². The summed E-state index contributed by atoms with van der Waals surface area (Å²) in [6, 6.07) is 0. The van der Waals surface area contributed by atoms with E-state index in [0.717, 1.165) is 30.9 Å². The van der Waals surface area contributed by atoms with E-state index >= 15 is 0 Å². The summed E-state index contributed by atoms with van der Waals surface area (Å²) in [6.45, 7) is 0. The van der Waals surface area contributed by atoms with Crippen LogP contribution in [0.2, 0.25) is 0 Å². The lowest BCUT2D eigenvalue weighted by Gasteiger charge is -2.31. The molecule has 0 amide bonds. The number of aliphatic hydroxyl groups is 2. The average Bonchev–Trinajstić information content (AvgIpc) is 2.22. The average molecular weight is 230 g/mol. The van der Waals surface area contributed by atoms with E-state index in [9.17, 15) is 10.2 Å². The molecule has 2 aliphatic rings. The van der Waals surface area contributed by atoms with Crippen molar-refractivity contribution in [1.29, 1.82) is 0 Å². The van der Waals surface area contributed by atoms with Crippen LogP contribution in [0.3, 0.4) is 0 Å². The Labute approximate surface area is 96.5 Å². The fraction of sp³-hybridized carbons (Fsp3) is 1.00. The highest BCUT2D eigenvalue weighted by molar-refractivity contribution is 8.00. The summed E-state index contributed by atoms with van der Waals surface area (Å²) in [5.74, 6) is 0. The van der Waals surface area contributed by atoms with Crippen molar-refractivity contribution in [3.63, 3.8) is 0 Å². The van der Waals surface area contributed by atoms with Crippen LogP contribution in [0.5, 0.6) is 0 Å². The maximum atomic E-state index is 9.60. The zero-order valence-corrected chi connectivity index (χ0v) is 10.1. The van der Waals surface area contributed by atoms with Crippen LogP contribution in [-0.4, -0.2) is 32.9 Å². The Balaban J connectivity index is 1.71. The van der Waals surface area contributed by atoms with Crippen LogP contribution in [0.1, 0.15) is 51.4 Å². The normalized spacial score (nSPS) is 42.8. The van der Waals surface area contributed by atoms with E-state index < -0.39 is 0 Å². The van der Waals surface area contributed by atoms with Crippen molar-refractivity contribution in [2.75, 3.05) is 0 Å². The number of aliphatic hydroxyl groups excluding tert-OH is 2. The molecule has 2 atom stereocenters. The molecule has 2 unspecified atom stereocenters. The van der Waals surface area contributed by atoms with Crippen LogP contribution in [-0.2, 0) is 0 Å².